The zero-order valence-electron chi connectivity index (χ0n) is 13.2. The van der Waals surface area contributed by atoms with Gasteiger partial charge in [0.25, 0.3) is 11.8 Å². The minimum atomic E-state index is -0.754. The summed E-state index contributed by atoms with van der Waals surface area (Å²) in [6.45, 7) is -0.292. The van der Waals surface area contributed by atoms with Gasteiger partial charge in [-0.3, -0.25) is 19.3 Å². The highest BCUT2D eigenvalue weighted by molar-refractivity contribution is 6.55. The first-order valence-electron chi connectivity index (χ1n) is 7.22. The Balaban J connectivity index is 1.85. The van der Waals surface area contributed by atoms with E-state index in [0.29, 0.717) is 5.76 Å². The molecular weight excluding hydrogens is 426 g/mol. The van der Waals surface area contributed by atoms with Crippen LogP contribution >= 0.6 is 46.4 Å². The van der Waals surface area contributed by atoms with Crippen LogP contribution in [-0.4, -0.2) is 41.1 Å². The van der Waals surface area contributed by atoms with Crippen molar-refractivity contribution in [1.82, 2.24) is 9.80 Å². The zero-order valence-corrected chi connectivity index (χ0v) is 16.2. The van der Waals surface area contributed by atoms with Crippen LogP contribution in [0, 0.1) is 0 Å². The number of likely N-dealkylation sites (N-methyl/N-ethyl adjacent to an activating group) is 1. The van der Waals surface area contributed by atoms with Crippen molar-refractivity contribution in [3.63, 3.8) is 0 Å². The number of amides is 3. The summed E-state index contributed by atoms with van der Waals surface area (Å²) < 4.78 is 5.17. The first-order chi connectivity index (χ1) is 12.2. The SMILES string of the molecule is CN(Cc1ccco1)C(=O)CN1C(=O)c2c(Cl)c(Cl)c(Cl)c(Cl)c2C1=O. The van der Waals surface area contributed by atoms with E-state index < -0.39 is 24.3 Å². The highest BCUT2D eigenvalue weighted by Crippen LogP contribution is 2.44. The molecule has 3 amide bonds. The lowest BCUT2D eigenvalue weighted by molar-refractivity contribution is -0.130. The van der Waals surface area contributed by atoms with E-state index in [1.54, 1.807) is 12.1 Å². The fourth-order valence-corrected chi connectivity index (χ4v) is 3.53. The number of halogens is 4. The summed E-state index contributed by atoms with van der Waals surface area (Å²) in [5.41, 5.74) is -0.310. The molecule has 2 heterocycles. The van der Waals surface area contributed by atoms with E-state index >= 15 is 0 Å². The van der Waals surface area contributed by atoms with Crippen molar-refractivity contribution >= 4 is 64.1 Å². The molecule has 26 heavy (non-hydrogen) atoms. The molecule has 6 nitrogen and oxygen atoms in total. The van der Waals surface area contributed by atoms with Crippen LogP contribution in [0.1, 0.15) is 26.5 Å². The third kappa shape index (κ3) is 3.07. The maximum absolute atomic E-state index is 12.6. The minimum Gasteiger partial charge on any atom is -0.467 e. The van der Waals surface area contributed by atoms with Crippen LogP contribution in [0.4, 0.5) is 0 Å². The number of carbonyl (C=O) groups is 3. The predicted octanol–water partition coefficient (Wildman–Crippen LogP) is 4.15. The van der Waals surface area contributed by atoms with E-state index in [1.807, 2.05) is 0 Å². The number of hydrogen-bond acceptors (Lipinski definition) is 4. The van der Waals surface area contributed by atoms with Gasteiger partial charge in [0, 0.05) is 7.05 Å². The summed E-state index contributed by atoms with van der Waals surface area (Å²) in [6, 6.07) is 3.39. The number of nitrogens with zero attached hydrogens (tertiary/aromatic N) is 2. The van der Waals surface area contributed by atoms with Crippen LogP contribution in [0.15, 0.2) is 22.8 Å². The summed E-state index contributed by atoms with van der Waals surface area (Å²) in [6.07, 6.45) is 1.48. The number of furan rings is 1. The van der Waals surface area contributed by atoms with Gasteiger partial charge in [-0.15, -0.1) is 0 Å². The number of rotatable bonds is 4. The van der Waals surface area contributed by atoms with E-state index in [2.05, 4.69) is 0 Å². The summed E-state index contributed by atoms with van der Waals surface area (Å²) >= 11 is 24.0. The Bertz CT molecular complexity index is 880. The van der Waals surface area contributed by atoms with Crippen molar-refractivity contribution in [3.05, 3.63) is 55.4 Å². The van der Waals surface area contributed by atoms with Crippen molar-refractivity contribution < 1.29 is 18.8 Å². The second-order valence-corrected chi connectivity index (χ2v) is 7.04. The van der Waals surface area contributed by atoms with Crippen LogP contribution in [0.5, 0.6) is 0 Å². The third-order valence-corrected chi connectivity index (χ3v) is 5.68. The van der Waals surface area contributed by atoms with Gasteiger partial charge >= 0.3 is 0 Å². The van der Waals surface area contributed by atoms with Crippen LogP contribution in [0.2, 0.25) is 20.1 Å². The average Bonchev–Trinajstić information content (AvgIpc) is 3.19. The smallest absolute Gasteiger partial charge is 0.263 e. The van der Waals surface area contributed by atoms with Gasteiger partial charge in [0.15, 0.2) is 0 Å². The Morgan fingerprint density at radius 3 is 2.04 bits per heavy atom. The molecule has 0 aliphatic carbocycles. The van der Waals surface area contributed by atoms with Gasteiger partial charge in [-0.25, -0.2) is 0 Å². The largest absolute Gasteiger partial charge is 0.467 e. The molecule has 3 rings (SSSR count). The monoisotopic (exact) mass is 434 g/mol. The molecule has 0 saturated carbocycles. The van der Waals surface area contributed by atoms with Crippen LogP contribution in [0.3, 0.4) is 0 Å². The molecule has 0 radical (unpaired) electrons. The van der Waals surface area contributed by atoms with E-state index in [0.717, 1.165) is 4.90 Å². The third-order valence-electron chi connectivity index (χ3n) is 3.88. The van der Waals surface area contributed by atoms with E-state index in [-0.39, 0.29) is 37.8 Å². The zero-order chi connectivity index (χ0) is 19.2. The molecule has 136 valence electrons. The van der Waals surface area contributed by atoms with Crippen molar-refractivity contribution in [2.24, 2.45) is 0 Å². The molecule has 0 unspecified atom stereocenters. The van der Waals surface area contributed by atoms with Crippen LogP contribution in [0.25, 0.3) is 0 Å². The Morgan fingerprint density at radius 1 is 1.04 bits per heavy atom. The highest BCUT2D eigenvalue weighted by Gasteiger charge is 2.42. The standard InChI is InChI=1S/C16H10Cl4N2O4/c1-21(5-7-3-2-4-26-7)8(23)6-22-15(24)9-10(16(22)25)12(18)14(20)13(19)11(9)17/h2-4H,5-6H2,1H3. The number of carbonyl (C=O) groups excluding carboxylic acids is 3. The Morgan fingerprint density at radius 2 is 1.58 bits per heavy atom. The van der Waals surface area contributed by atoms with Gasteiger partial charge in [-0.1, -0.05) is 46.4 Å². The van der Waals surface area contributed by atoms with E-state index in [4.69, 9.17) is 50.8 Å². The van der Waals surface area contributed by atoms with Gasteiger partial charge in [0.2, 0.25) is 5.91 Å². The lowest BCUT2D eigenvalue weighted by atomic mass is 10.1. The van der Waals surface area contributed by atoms with Crippen LogP contribution in [-0.2, 0) is 11.3 Å². The molecule has 0 atom stereocenters. The molecule has 0 N–H and O–H groups in total. The van der Waals surface area contributed by atoms with Gasteiger partial charge in [0.05, 0.1) is 44.0 Å². The van der Waals surface area contributed by atoms with Gasteiger partial charge in [-0.2, -0.15) is 0 Å². The number of fused-ring (bicyclic) bond motifs is 1. The molecule has 2 aromatic rings. The fraction of sp³-hybridized carbons (Fsp3) is 0.188. The van der Waals surface area contributed by atoms with Crippen molar-refractivity contribution in [2.45, 2.75) is 6.54 Å². The molecule has 10 heteroatoms. The summed E-state index contributed by atoms with van der Waals surface area (Å²) in [5, 5.41) is -0.593. The Labute approximate surface area is 168 Å². The van der Waals surface area contributed by atoms with Gasteiger partial charge < -0.3 is 9.32 Å². The first kappa shape index (κ1) is 19.0. The molecule has 1 aliphatic rings. The van der Waals surface area contributed by atoms with Gasteiger partial charge in [-0.05, 0) is 12.1 Å². The topological polar surface area (TPSA) is 70.8 Å². The minimum absolute atomic E-state index is 0.124. The molecule has 0 fully saturated rings. The molecule has 0 spiro atoms. The summed E-state index contributed by atoms with van der Waals surface area (Å²) in [5.74, 6) is -1.42. The summed E-state index contributed by atoms with van der Waals surface area (Å²) in [7, 11) is 1.52. The number of hydrogen-bond donors (Lipinski definition) is 0. The second kappa shape index (κ2) is 7.12. The summed E-state index contributed by atoms with van der Waals surface area (Å²) in [4.78, 5) is 39.7. The van der Waals surface area contributed by atoms with E-state index in [9.17, 15) is 14.4 Å². The van der Waals surface area contributed by atoms with Gasteiger partial charge in [0.1, 0.15) is 12.3 Å². The Kier molecular flexibility index (Phi) is 5.21. The Hall–Kier alpha value is -1.73. The molecule has 0 saturated heterocycles. The lowest BCUT2D eigenvalue weighted by Crippen LogP contribution is -2.40. The normalized spacial score (nSPS) is 13.3. The number of imide groups is 1. The maximum atomic E-state index is 12.6. The predicted molar refractivity (Wildman–Crippen MR) is 97.0 cm³/mol. The van der Waals surface area contributed by atoms with Crippen molar-refractivity contribution in [1.29, 1.82) is 0 Å². The lowest BCUT2D eigenvalue weighted by Gasteiger charge is -2.19. The first-order valence-corrected chi connectivity index (χ1v) is 8.73. The maximum Gasteiger partial charge on any atom is 0.263 e. The molecule has 1 aromatic carbocycles. The second-order valence-electron chi connectivity index (χ2n) is 5.53. The molecule has 0 bridgehead atoms. The quantitative estimate of drug-likeness (QED) is 0.411. The fourth-order valence-electron chi connectivity index (χ4n) is 2.52. The average molecular weight is 436 g/mol. The molecule has 1 aromatic heterocycles. The van der Waals surface area contributed by atoms with Crippen LogP contribution < -0.4 is 0 Å². The number of benzene rings is 1. The van der Waals surface area contributed by atoms with E-state index in [1.165, 1.54) is 18.2 Å². The van der Waals surface area contributed by atoms with Crippen molar-refractivity contribution in [3.8, 4) is 0 Å². The highest BCUT2D eigenvalue weighted by atomic mass is 35.5. The molecular formula is C16H10Cl4N2O4. The molecule has 1 aliphatic heterocycles. The van der Waals surface area contributed by atoms with Crippen molar-refractivity contribution in [2.75, 3.05) is 13.6 Å².